The van der Waals surface area contributed by atoms with Gasteiger partial charge in [0.2, 0.25) is 0 Å². The van der Waals surface area contributed by atoms with Crippen LogP contribution in [0.2, 0.25) is 0 Å². The lowest BCUT2D eigenvalue weighted by Gasteiger charge is -2.12. The molecule has 0 saturated heterocycles. The number of benzene rings is 3. The van der Waals surface area contributed by atoms with Crippen LogP contribution in [0.3, 0.4) is 0 Å². The van der Waals surface area contributed by atoms with E-state index in [9.17, 15) is 14.3 Å². The largest absolute Gasteiger partial charge is 0.506 e. The lowest BCUT2D eigenvalue weighted by atomic mass is 9.96. The molecule has 106 valence electrons. The van der Waals surface area contributed by atoms with Gasteiger partial charge in [0.1, 0.15) is 17.1 Å². The van der Waals surface area contributed by atoms with Crippen LogP contribution in [0.4, 0.5) is 4.39 Å². The van der Waals surface area contributed by atoms with Crippen molar-refractivity contribution < 1.29 is 19.0 Å². The van der Waals surface area contributed by atoms with E-state index in [1.165, 1.54) is 12.1 Å². The van der Waals surface area contributed by atoms with Gasteiger partial charge in [-0.05, 0) is 29.8 Å². The van der Waals surface area contributed by atoms with Crippen molar-refractivity contribution in [1.29, 1.82) is 0 Å². The first kappa shape index (κ1) is 13.4. The first-order valence-corrected chi connectivity index (χ1v) is 6.63. The molecule has 0 fully saturated rings. The zero-order valence-corrected chi connectivity index (χ0v) is 11.4. The average molecular weight is 284 g/mol. The van der Waals surface area contributed by atoms with Gasteiger partial charge < -0.3 is 9.84 Å². The van der Waals surface area contributed by atoms with Crippen LogP contribution in [-0.2, 0) is 4.74 Å². The maximum Gasteiger partial charge on any atom is 0.342 e. The van der Waals surface area contributed by atoms with Gasteiger partial charge in [0.15, 0.2) is 0 Å². The molecule has 0 radical (unpaired) electrons. The van der Waals surface area contributed by atoms with E-state index in [0.29, 0.717) is 16.2 Å². The van der Waals surface area contributed by atoms with E-state index < -0.39 is 11.8 Å². The summed E-state index contributed by atoms with van der Waals surface area (Å²) in [5, 5.41) is 12.8. The van der Waals surface area contributed by atoms with Crippen molar-refractivity contribution in [2.45, 2.75) is 6.92 Å². The third-order valence-corrected chi connectivity index (χ3v) is 3.44. The topological polar surface area (TPSA) is 46.5 Å². The Morgan fingerprint density at radius 2 is 1.76 bits per heavy atom. The minimum Gasteiger partial charge on any atom is -0.506 e. The van der Waals surface area contributed by atoms with Gasteiger partial charge in [0.05, 0.1) is 6.61 Å². The Morgan fingerprint density at radius 1 is 1.10 bits per heavy atom. The van der Waals surface area contributed by atoms with Crippen molar-refractivity contribution in [2.24, 2.45) is 0 Å². The molecule has 1 N–H and O–H groups in total. The summed E-state index contributed by atoms with van der Waals surface area (Å²) in [6, 6.07) is 11.3. The summed E-state index contributed by atoms with van der Waals surface area (Å²) in [6.45, 7) is 1.89. The first-order valence-electron chi connectivity index (χ1n) is 6.63. The third kappa shape index (κ3) is 2.09. The van der Waals surface area contributed by atoms with Gasteiger partial charge in [-0.2, -0.15) is 0 Å². The van der Waals surface area contributed by atoms with Crippen molar-refractivity contribution >= 4 is 27.5 Å². The molecule has 0 aliphatic rings. The number of ether oxygens (including phenoxy) is 1. The quantitative estimate of drug-likeness (QED) is 0.571. The number of hydrogen-bond acceptors (Lipinski definition) is 3. The maximum absolute atomic E-state index is 13.5. The normalized spacial score (nSPS) is 11.0. The fourth-order valence-corrected chi connectivity index (χ4v) is 2.56. The van der Waals surface area contributed by atoms with Crippen molar-refractivity contribution in [3.8, 4) is 5.75 Å². The van der Waals surface area contributed by atoms with E-state index in [2.05, 4.69) is 0 Å². The summed E-state index contributed by atoms with van der Waals surface area (Å²) in [6.07, 6.45) is 0. The van der Waals surface area contributed by atoms with E-state index in [4.69, 9.17) is 4.74 Å². The standard InChI is InChI=1S/C17H13FO3/c1-2-21-17(20)15-13-6-4-3-5-11(13)12-8-7-10(18)9-14(12)16(15)19/h3-9,19H,2H2,1H3. The Labute approximate surface area is 120 Å². The minimum atomic E-state index is -0.614. The number of carbonyl (C=O) groups excluding carboxylic acids is 1. The Bertz CT molecular complexity index is 855. The monoisotopic (exact) mass is 284 g/mol. The number of phenols is 1. The Morgan fingerprint density at radius 3 is 2.48 bits per heavy atom. The maximum atomic E-state index is 13.5. The molecule has 0 aliphatic heterocycles. The first-order chi connectivity index (χ1) is 10.1. The van der Waals surface area contributed by atoms with Crippen LogP contribution in [0.1, 0.15) is 17.3 Å². The highest BCUT2D eigenvalue weighted by molar-refractivity contribution is 6.19. The summed E-state index contributed by atoms with van der Waals surface area (Å²) in [5.41, 5.74) is 0.0746. The third-order valence-electron chi connectivity index (χ3n) is 3.44. The Kier molecular flexibility index (Phi) is 3.22. The predicted octanol–water partition coefficient (Wildman–Crippen LogP) is 4.01. The predicted molar refractivity (Wildman–Crippen MR) is 79.0 cm³/mol. The molecule has 0 atom stereocenters. The van der Waals surface area contributed by atoms with Gasteiger partial charge in [-0.25, -0.2) is 9.18 Å². The highest BCUT2D eigenvalue weighted by Gasteiger charge is 2.20. The van der Waals surface area contributed by atoms with Crippen molar-refractivity contribution in [3.63, 3.8) is 0 Å². The van der Waals surface area contributed by atoms with Gasteiger partial charge in [-0.15, -0.1) is 0 Å². The van der Waals surface area contributed by atoms with Gasteiger partial charge in [-0.1, -0.05) is 30.3 Å². The number of phenolic OH excluding ortho intramolecular Hbond substituents is 1. The molecule has 4 heteroatoms. The van der Waals surface area contributed by atoms with E-state index in [1.54, 1.807) is 25.1 Å². The minimum absolute atomic E-state index is 0.0746. The molecule has 3 rings (SSSR count). The van der Waals surface area contributed by atoms with Crippen LogP contribution in [-0.4, -0.2) is 17.7 Å². The molecule has 0 heterocycles. The zero-order valence-electron chi connectivity index (χ0n) is 11.4. The van der Waals surface area contributed by atoms with Crippen LogP contribution in [0.5, 0.6) is 5.75 Å². The molecule has 3 aromatic carbocycles. The molecule has 0 spiro atoms. The summed E-state index contributed by atoms with van der Waals surface area (Å²) in [7, 11) is 0. The van der Waals surface area contributed by atoms with Crippen LogP contribution >= 0.6 is 0 Å². The van der Waals surface area contributed by atoms with Crippen LogP contribution in [0.15, 0.2) is 42.5 Å². The summed E-state index contributed by atoms with van der Waals surface area (Å²) in [5.74, 6) is -1.33. The van der Waals surface area contributed by atoms with Crippen molar-refractivity contribution in [3.05, 3.63) is 53.8 Å². The van der Waals surface area contributed by atoms with Crippen LogP contribution in [0.25, 0.3) is 21.5 Å². The van der Waals surface area contributed by atoms with E-state index >= 15 is 0 Å². The Balaban J connectivity index is 2.48. The molecule has 0 unspecified atom stereocenters. The van der Waals surface area contributed by atoms with Gasteiger partial charge in [0.25, 0.3) is 0 Å². The lowest BCUT2D eigenvalue weighted by Crippen LogP contribution is -2.06. The SMILES string of the molecule is CCOC(=O)c1c(O)c2cc(F)ccc2c2ccccc12. The molecular weight excluding hydrogens is 271 g/mol. The summed E-state index contributed by atoms with van der Waals surface area (Å²) in [4.78, 5) is 12.1. The molecule has 3 nitrogen and oxygen atoms in total. The molecule has 0 aliphatic carbocycles. The zero-order chi connectivity index (χ0) is 15.0. The number of esters is 1. The van der Waals surface area contributed by atoms with E-state index in [1.807, 2.05) is 12.1 Å². The molecular formula is C17H13FO3. The fourth-order valence-electron chi connectivity index (χ4n) is 2.56. The van der Waals surface area contributed by atoms with Crippen molar-refractivity contribution in [2.75, 3.05) is 6.61 Å². The fraction of sp³-hybridized carbons (Fsp3) is 0.118. The van der Waals surface area contributed by atoms with Crippen LogP contribution < -0.4 is 0 Å². The van der Waals surface area contributed by atoms with Gasteiger partial charge >= 0.3 is 5.97 Å². The summed E-state index contributed by atoms with van der Waals surface area (Å²) >= 11 is 0. The second-order valence-electron chi connectivity index (χ2n) is 4.68. The van der Waals surface area contributed by atoms with Gasteiger partial charge in [-0.3, -0.25) is 0 Å². The second-order valence-corrected chi connectivity index (χ2v) is 4.68. The smallest absolute Gasteiger partial charge is 0.342 e. The lowest BCUT2D eigenvalue weighted by molar-refractivity contribution is 0.0526. The molecule has 0 aromatic heterocycles. The molecule has 0 saturated carbocycles. The number of hydrogen-bond donors (Lipinski definition) is 1. The summed E-state index contributed by atoms with van der Waals surface area (Å²) < 4.78 is 18.5. The number of fused-ring (bicyclic) bond motifs is 3. The number of rotatable bonds is 2. The average Bonchev–Trinajstić information content (AvgIpc) is 2.48. The molecule has 0 bridgehead atoms. The highest BCUT2D eigenvalue weighted by atomic mass is 19.1. The molecule has 21 heavy (non-hydrogen) atoms. The van der Waals surface area contributed by atoms with E-state index in [0.717, 1.165) is 5.39 Å². The number of aromatic hydroxyl groups is 1. The van der Waals surface area contributed by atoms with Gasteiger partial charge in [0, 0.05) is 10.8 Å². The highest BCUT2D eigenvalue weighted by Crippen LogP contribution is 2.37. The number of carbonyl (C=O) groups is 1. The van der Waals surface area contributed by atoms with Crippen molar-refractivity contribution in [1.82, 2.24) is 0 Å². The van der Waals surface area contributed by atoms with Crippen LogP contribution in [0, 0.1) is 5.82 Å². The number of halogens is 1. The Hall–Kier alpha value is -2.62. The second kappa shape index (κ2) is 5.05. The molecule has 0 amide bonds. The molecule has 3 aromatic rings. The van der Waals surface area contributed by atoms with E-state index in [-0.39, 0.29) is 17.9 Å².